The minimum atomic E-state index is 0.732. The highest BCUT2D eigenvalue weighted by Crippen LogP contribution is 2.23. The van der Waals surface area contributed by atoms with Crippen molar-refractivity contribution in [2.45, 2.75) is 64.6 Å². The Morgan fingerprint density at radius 2 is 2.00 bits per heavy atom. The van der Waals surface area contributed by atoms with Gasteiger partial charge in [0.25, 0.3) is 0 Å². The van der Waals surface area contributed by atoms with Crippen LogP contribution in [-0.4, -0.2) is 35.6 Å². The molecule has 0 radical (unpaired) electrons. The van der Waals surface area contributed by atoms with E-state index in [0.29, 0.717) is 0 Å². The van der Waals surface area contributed by atoms with Crippen LogP contribution < -0.4 is 5.32 Å². The van der Waals surface area contributed by atoms with E-state index in [9.17, 15) is 0 Å². The Balaban J connectivity index is 1.78. The highest BCUT2D eigenvalue weighted by atomic mass is 15.1. The van der Waals surface area contributed by atoms with E-state index >= 15 is 0 Å². The maximum absolute atomic E-state index is 4.29. The molecule has 1 saturated carbocycles. The first-order valence-corrected chi connectivity index (χ1v) is 8.03. The smallest absolute Gasteiger partial charge is 0.0313 e. The molecule has 3 nitrogen and oxygen atoms in total. The average molecular weight is 275 g/mol. The molecule has 1 N–H and O–H groups in total. The van der Waals surface area contributed by atoms with E-state index < -0.39 is 0 Å². The van der Waals surface area contributed by atoms with Gasteiger partial charge in [0.05, 0.1) is 0 Å². The second kappa shape index (κ2) is 7.75. The third kappa shape index (κ3) is 4.57. The summed E-state index contributed by atoms with van der Waals surface area (Å²) in [5, 5.41) is 3.66. The van der Waals surface area contributed by atoms with Crippen LogP contribution in [0.5, 0.6) is 0 Å². The molecule has 0 bridgehead atoms. The Morgan fingerprint density at radius 1 is 1.25 bits per heavy atom. The third-order valence-corrected chi connectivity index (χ3v) is 4.37. The number of rotatable bonds is 6. The van der Waals surface area contributed by atoms with Gasteiger partial charge in [-0.2, -0.15) is 0 Å². The molecule has 20 heavy (non-hydrogen) atoms. The fourth-order valence-electron chi connectivity index (χ4n) is 3.19. The van der Waals surface area contributed by atoms with Crippen molar-refractivity contribution in [1.29, 1.82) is 0 Å². The largest absolute Gasteiger partial charge is 0.314 e. The van der Waals surface area contributed by atoms with E-state index in [4.69, 9.17) is 0 Å². The van der Waals surface area contributed by atoms with Gasteiger partial charge in [-0.1, -0.05) is 13.0 Å². The summed E-state index contributed by atoms with van der Waals surface area (Å²) < 4.78 is 0. The van der Waals surface area contributed by atoms with Gasteiger partial charge in [0.2, 0.25) is 0 Å². The van der Waals surface area contributed by atoms with Crippen molar-refractivity contribution in [3.05, 3.63) is 29.6 Å². The van der Waals surface area contributed by atoms with Crippen molar-refractivity contribution in [2.24, 2.45) is 0 Å². The first kappa shape index (κ1) is 15.5. The summed E-state index contributed by atoms with van der Waals surface area (Å²) in [7, 11) is 2.26. The van der Waals surface area contributed by atoms with E-state index in [2.05, 4.69) is 42.2 Å². The van der Waals surface area contributed by atoms with Gasteiger partial charge in [0.1, 0.15) is 0 Å². The molecule has 112 valence electrons. The number of nitrogens with zero attached hydrogens (tertiary/aromatic N) is 2. The highest BCUT2D eigenvalue weighted by molar-refractivity contribution is 5.16. The Hall–Kier alpha value is -0.930. The molecule has 1 aliphatic carbocycles. The number of pyridine rings is 1. The van der Waals surface area contributed by atoms with E-state index in [0.717, 1.165) is 18.6 Å². The first-order valence-electron chi connectivity index (χ1n) is 8.03. The SMILES string of the molecule is CCCNC1CCC(N(C)Cc2cncc(C)c2)CC1. The van der Waals surface area contributed by atoms with Crippen LogP contribution in [0.15, 0.2) is 18.5 Å². The summed E-state index contributed by atoms with van der Waals surface area (Å²) in [6.45, 7) is 6.54. The van der Waals surface area contributed by atoms with E-state index in [1.54, 1.807) is 0 Å². The molecule has 0 saturated heterocycles. The number of hydrogen-bond donors (Lipinski definition) is 1. The van der Waals surface area contributed by atoms with Crippen molar-refractivity contribution in [1.82, 2.24) is 15.2 Å². The molecular formula is C17H29N3. The molecule has 0 aliphatic heterocycles. The molecule has 1 fully saturated rings. The Kier molecular flexibility index (Phi) is 5.99. The zero-order valence-electron chi connectivity index (χ0n) is 13.2. The highest BCUT2D eigenvalue weighted by Gasteiger charge is 2.23. The van der Waals surface area contributed by atoms with Gasteiger partial charge >= 0.3 is 0 Å². The predicted molar refractivity (Wildman–Crippen MR) is 84.8 cm³/mol. The molecule has 3 heteroatoms. The second-order valence-corrected chi connectivity index (χ2v) is 6.25. The average Bonchev–Trinajstić information content (AvgIpc) is 2.45. The van der Waals surface area contributed by atoms with Crippen molar-refractivity contribution < 1.29 is 0 Å². The molecule has 2 rings (SSSR count). The van der Waals surface area contributed by atoms with Crippen molar-refractivity contribution in [3.63, 3.8) is 0 Å². The second-order valence-electron chi connectivity index (χ2n) is 6.25. The molecule has 0 unspecified atom stereocenters. The van der Waals surface area contributed by atoms with E-state index in [-0.39, 0.29) is 0 Å². The third-order valence-electron chi connectivity index (χ3n) is 4.37. The van der Waals surface area contributed by atoms with E-state index in [1.165, 1.54) is 49.8 Å². The van der Waals surface area contributed by atoms with Crippen LogP contribution in [0.2, 0.25) is 0 Å². The van der Waals surface area contributed by atoms with Crippen LogP contribution >= 0.6 is 0 Å². The molecule has 1 aliphatic rings. The fraction of sp³-hybridized carbons (Fsp3) is 0.706. The van der Waals surface area contributed by atoms with Crippen molar-refractivity contribution >= 4 is 0 Å². The zero-order valence-corrected chi connectivity index (χ0v) is 13.2. The summed E-state index contributed by atoms with van der Waals surface area (Å²) in [5.41, 5.74) is 2.59. The minimum absolute atomic E-state index is 0.732. The van der Waals surface area contributed by atoms with Gasteiger partial charge in [-0.25, -0.2) is 0 Å². The summed E-state index contributed by atoms with van der Waals surface area (Å²) >= 11 is 0. The van der Waals surface area contributed by atoms with Crippen molar-refractivity contribution in [2.75, 3.05) is 13.6 Å². The van der Waals surface area contributed by atoms with Gasteiger partial charge in [0.15, 0.2) is 0 Å². The number of aryl methyl sites for hydroxylation is 1. The number of hydrogen-bond acceptors (Lipinski definition) is 3. The van der Waals surface area contributed by atoms with Crippen LogP contribution in [0.3, 0.4) is 0 Å². The topological polar surface area (TPSA) is 28.2 Å². The summed E-state index contributed by atoms with van der Waals surface area (Å²) in [6.07, 6.45) is 10.4. The Labute approximate surface area is 123 Å². The standard InChI is InChI=1S/C17H29N3/c1-4-9-19-16-5-7-17(8-6-16)20(3)13-15-10-14(2)11-18-12-15/h10-12,16-17,19H,4-9,13H2,1-3H3. The molecule has 0 aromatic carbocycles. The summed E-state index contributed by atoms with van der Waals surface area (Å²) in [6, 6.07) is 3.73. The van der Waals surface area contributed by atoms with Gasteiger partial charge in [-0.15, -0.1) is 0 Å². The lowest BCUT2D eigenvalue weighted by molar-refractivity contribution is 0.168. The molecule has 1 heterocycles. The zero-order chi connectivity index (χ0) is 14.4. The lowest BCUT2D eigenvalue weighted by Crippen LogP contribution is -2.40. The van der Waals surface area contributed by atoms with Crippen LogP contribution in [0.25, 0.3) is 0 Å². The fourth-order valence-corrected chi connectivity index (χ4v) is 3.19. The monoisotopic (exact) mass is 275 g/mol. The van der Waals surface area contributed by atoms with Gasteiger partial charge in [-0.3, -0.25) is 9.88 Å². The van der Waals surface area contributed by atoms with Gasteiger partial charge in [-0.05, 0) is 63.7 Å². The summed E-state index contributed by atoms with van der Waals surface area (Å²) in [5.74, 6) is 0. The van der Waals surface area contributed by atoms with Crippen LogP contribution in [0, 0.1) is 6.92 Å². The summed E-state index contributed by atoms with van der Waals surface area (Å²) in [4.78, 5) is 6.80. The van der Waals surface area contributed by atoms with Crippen LogP contribution in [-0.2, 0) is 6.54 Å². The maximum Gasteiger partial charge on any atom is 0.0313 e. The first-order chi connectivity index (χ1) is 9.69. The van der Waals surface area contributed by atoms with Crippen LogP contribution in [0.1, 0.15) is 50.2 Å². The molecule has 1 aromatic rings. The lowest BCUT2D eigenvalue weighted by atomic mass is 9.90. The normalized spacial score (nSPS) is 23.2. The Bertz CT molecular complexity index is 397. The molecule has 0 atom stereocenters. The predicted octanol–water partition coefficient (Wildman–Crippen LogP) is 3.13. The molecular weight excluding hydrogens is 246 g/mol. The van der Waals surface area contributed by atoms with Crippen molar-refractivity contribution in [3.8, 4) is 0 Å². The minimum Gasteiger partial charge on any atom is -0.314 e. The lowest BCUT2D eigenvalue weighted by Gasteiger charge is -2.35. The Morgan fingerprint density at radius 3 is 2.65 bits per heavy atom. The number of aromatic nitrogens is 1. The van der Waals surface area contributed by atoms with Gasteiger partial charge < -0.3 is 5.32 Å². The number of nitrogens with one attached hydrogen (secondary N) is 1. The van der Waals surface area contributed by atoms with Gasteiger partial charge in [0, 0.05) is 31.0 Å². The van der Waals surface area contributed by atoms with E-state index in [1.807, 2.05) is 12.4 Å². The maximum atomic E-state index is 4.29. The molecule has 0 spiro atoms. The molecule has 1 aromatic heterocycles. The van der Waals surface area contributed by atoms with Crippen LogP contribution in [0.4, 0.5) is 0 Å². The quantitative estimate of drug-likeness (QED) is 0.864. The molecule has 0 amide bonds.